The molecule has 1 atom stereocenters. The zero-order valence-corrected chi connectivity index (χ0v) is 17.5. The summed E-state index contributed by atoms with van der Waals surface area (Å²) in [6.07, 6.45) is 4.29. The van der Waals surface area contributed by atoms with Gasteiger partial charge in [-0.1, -0.05) is 37.6 Å². The van der Waals surface area contributed by atoms with Gasteiger partial charge in [0.1, 0.15) is 5.75 Å². The minimum absolute atomic E-state index is 0.00765. The van der Waals surface area contributed by atoms with Crippen molar-refractivity contribution in [1.82, 2.24) is 9.62 Å². The number of likely N-dealkylation sites (tertiary alicyclic amines) is 1. The number of methoxy groups -OCH3 is 1. The van der Waals surface area contributed by atoms with Crippen LogP contribution in [0, 0.1) is 0 Å². The third-order valence-corrected chi connectivity index (χ3v) is 6.74. The fourth-order valence-corrected chi connectivity index (χ4v) is 4.79. The Bertz CT molecular complexity index is 860. The number of rotatable bonds is 9. The summed E-state index contributed by atoms with van der Waals surface area (Å²) in [7, 11) is -1.90. The van der Waals surface area contributed by atoms with Crippen LogP contribution in [-0.2, 0) is 16.4 Å². The molecule has 1 heterocycles. The largest absolute Gasteiger partial charge is 0.497 e. The van der Waals surface area contributed by atoms with E-state index in [1.807, 2.05) is 36.4 Å². The summed E-state index contributed by atoms with van der Waals surface area (Å²) < 4.78 is 33.8. The number of aryl methyl sites for hydroxylation is 1. The quantitative estimate of drug-likeness (QED) is 0.694. The van der Waals surface area contributed by atoms with E-state index in [0.717, 1.165) is 55.6 Å². The summed E-state index contributed by atoms with van der Waals surface area (Å²) in [5.74, 6) is 0.788. The highest BCUT2D eigenvalue weighted by atomic mass is 32.2. The molecule has 2 aromatic rings. The average Bonchev–Trinajstić information content (AvgIpc) is 3.23. The Morgan fingerprint density at radius 2 is 1.82 bits per heavy atom. The summed E-state index contributed by atoms with van der Waals surface area (Å²) in [4.78, 5) is 2.67. The van der Waals surface area contributed by atoms with Gasteiger partial charge in [-0.3, -0.25) is 4.90 Å². The number of nitrogens with zero attached hydrogens (tertiary/aromatic N) is 1. The first kappa shape index (κ1) is 20.8. The molecule has 152 valence electrons. The molecule has 0 aliphatic carbocycles. The molecular weight excluding hydrogens is 372 g/mol. The molecule has 1 saturated heterocycles. The number of sulfonamides is 1. The van der Waals surface area contributed by atoms with Crippen LogP contribution in [0.25, 0.3) is 0 Å². The van der Waals surface area contributed by atoms with Crippen LogP contribution in [0.5, 0.6) is 5.75 Å². The van der Waals surface area contributed by atoms with Crippen molar-refractivity contribution in [3.8, 4) is 5.75 Å². The Balaban J connectivity index is 1.76. The highest BCUT2D eigenvalue weighted by Crippen LogP contribution is 2.27. The fourth-order valence-electron chi connectivity index (χ4n) is 3.76. The fraction of sp³-hybridized carbons (Fsp3) is 0.455. The minimum atomic E-state index is -3.55. The second kappa shape index (κ2) is 9.54. The molecule has 0 saturated carbocycles. The first-order chi connectivity index (χ1) is 13.5. The molecule has 1 N–H and O–H groups in total. The van der Waals surface area contributed by atoms with E-state index in [4.69, 9.17) is 4.74 Å². The zero-order chi connectivity index (χ0) is 20.0. The topological polar surface area (TPSA) is 58.6 Å². The van der Waals surface area contributed by atoms with Gasteiger partial charge in [-0.05, 0) is 67.7 Å². The van der Waals surface area contributed by atoms with Crippen molar-refractivity contribution in [2.24, 2.45) is 0 Å². The van der Waals surface area contributed by atoms with Gasteiger partial charge < -0.3 is 4.74 Å². The molecule has 0 bridgehead atoms. The van der Waals surface area contributed by atoms with Crippen LogP contribution in [0.2, 0.25) is 0 Å². The van der Waals surface area contributed by atoms with E-state index >= 15 is 0 Å². The molecular formula is C22H30N2O3S. The predicted molar refractivity (Wildman–Crippen MR) is 112 cm³/mol. The molecule has 1 aliphatic heterocycles. The average molecular weight is 403 g/mol. The van der Waals surface area contributed by atoms with E-state index in [0.29, 0.717) is 11.4 Å². The van der Waals surface area contributed by atoms with Gasteiger partial charge in [-0.25, -0.2) is 13.1 Å². The van der Waals surface area contributed by atoms with Crippen molar-refractivity contribution in [2.75, 3.05) is 26.7 Å². The maximum absolute atomic E-state index is 12.8. The lowest BCUT2D eigenvalue weighted by atomic mass is 10.1. The molecule has 28 heavy (non-hydrogen) atoms. The first-order valence-corrected chi connectivity index (χ1v) is 11.5. The molecule has 1 unspecified atom stereocenters. The maximum atomic E-state index is 12.8. The van der Waals surface area contributed by atoms with Crippen molar-refractivity contribution < 1.29 is 13.2 Å². The summed E-state index contributed by atoms with van der Waals surface area (Å²) in [6.45, 7) is 4.42. The van der Waals surface area contributed by atoms with Gasteiger partial charge in [-0.15, -0.1) is 0 Å². The van der Waals surface area contributed by atoms with Crippen LogP contribution in [0.15, 0.2) is 53.4 Å². The third kappa shape index (κ3) is 5.13. The van der Waals surface area contributed by atoms with E-state index in [-0.39, 0.29) is 6.04 Å². The van der Waals surface area contributed by atoms with E-state index in [9.17, 15) is 8.42 Å². The zero-order valence-electron chi connectivity index (χ0n) is 16.7. The Morgan fingerprint density at radius 3 is 2.46 bits per heavy atom. The maximum Gasteiger partial charge on any atom is 0.240 e. The van der Waals surface area contributed by atoms with Crippen molar-refractivity contribution in [3.63, 3.8) is 0 Å². The molecule has 5 nitrogen and oxygen atoms in total. The summed E-state index contributed by atoms with van der Waals surface area (Å²) in [6, 6.07) is 15.1. The summed E-state index contributed by atoms with van der Waals surface area (Å²) >= 11 is 0. The Labute approximate surface area is 168 Å². The van der Waals surface area contributed by atoms with Crippen molar-refractivity contribution in [3.05, 3.63) is 59.7 Å². The molecule has 0 spiro atoms. The summed E-state index contributed by atoms with van der Waals surface area (Å²) in [5.41, 5.74) is 2.23. The lowest BCUT2D eigenvalue weighted by Gasteiger charge is -2.28. The molecule has 1 aliphatic rings. The van der Waals surface area contributed by atoms with Gasteiger partial charge in [0, 0.05) is 12.6 Å². The lowest BCUT2D eigenvalue weighted by Crippen LogP contribution is -2.36. The monoisotopic (exact) mass is 402 g/mol. The van der Waals surface area contributed by atoms with Crippen LogP contribution in [0.4, 0.5) is 0 Å². The van der Waals surface area contributed by atoms with Gasteiger partial charge in [-0.2, -0.15) is 0 Å². The molecule has 0 aromatic heterocycles. The second-order valence-corrected chi connectivity index (χ2v) is 9.05. The number of hydrogen-bond acceptors (Lipinski definition) is 4. The number of nitrogens with one attached hydrogen (secondary N) is 1. The van der Waals surface area contributed by atoms with Crippen LogP contribution in [0.1, 0.15) is 43.4 Å². The Kier molecular flexibility index (Phi) is 7.10. The van der Waals surface area contributed by atoms with Crippen LogP contribution in [-0.4, -0.2) is 40.1 Å². The Morgan fingerprint density at radius 1 is 1.11 bits per heavy atom. The van der Waals surface area contributed by atoms with Crippen molar-refractivity contribution in [1.29, 1.82) is 0 Å². The molecule has 0 radical (unpaired) electrons. The van der Waals surface area contributed by atoms with Crippen LogP contribution < -0.4 is 9.46 Å². The number of ether oxygens (including phenoxy) is 1. The standard InChI is InChI=1S/C22H30N2O3S/c1-3-7-18-10-12-21(13-11-18)28(25,26)23-17-22(24-14-4-5-15-24)19-8-6-9-20(16-19)27-2/h6,8-13,16,22-23H,3-5,7,14-15,17H2,1-2H3. The SMILES string of the molecule is CCCc1ccc(S(=O)(=O)NCC(c2cccc(OC)c2)N2CCCC2)cc1. The van der Waals surface area contributed by atoms with E-state index < -0.39 is 10.0 Å². The minimum Gasteiger partial charge on any atom is -0.497 e. The van der Waals surface area contributed by atoms with Gasteiger partial charge in [0.15, 0.2) is 0 Å². The highest BCUT2D eigenvalue weighted by molar-refractivity contribution is 7.89. The van der Waals surface area contributed by atoms with Crippen molar-refractivity contribution in [2.45, 2.75) is 43.5 Å². The van der Waals surface area contributed by atoms with E-state index in [1.54, 1.807) is 19.2 Å². The molecule has 2 aromatic carbocycles. The van der Waals surface area contributed by atoms with Crippen LogP contribution >= 0.6 is 0 Å². The molecule has 3 rings (SSSR count). The number of hydrogen-bond donors (Lipinski definition) is 1. The summed E-state index contributed by atoms with van der Waals surface area (Å²) in [5, 5.41) is 0. The van der Waals surface area contributed by atoms with Gasteiger partial charge in [0.25, 0.3) is 0 Å². The third-order valence-electron chi connectivity index (χ3n) is 5.30. The van der Waals surface area contributed by atoms with E-state index in [2.05, 4.69) is 16.5 Å². The predicted octanol–water partition coefficient (Wildman–Crippen LogP) is 3.76. The normalized spacial score (nSPS) is 16.2. The van der Waals surface area contributed by atoms with Gasteiger partial charge in [0.2, 0.25) is 10.0 Å². The molecule has 1 fully saturated rings. The Hall–Kier alpha value is -1.89. The highest BCUT2D eigenvalue weighted by Gasteiger charge is 2.26. The first-order valence-electron chi connectivity index (χ1n) is 10.00. The van der Waals surface area contributed by atoms with Gasteiger partial charge in [0.05, 0.1) is 12.0 Å². The van der Waals surface area contributed by atoms with Crippen LogP contribution in [0.3, 0.4) is 0 Å². The van der Waals surface area contributed by atoms with E-state index in [1.165, 1.54) is 0 Å². The van der Waals surface area contributed by atoms with Gasteiger partial charge >= 0.3 is 0 Å². The molecule has 0 amide bonds. The molecule has 6 heteroatoms. The number of benzene rings is 2. The smallest absolute Gasteiger partial charge is 0.240 e. The lowest BCUT2D eigenvalue weighted by molar-refractivity contribution is 0.246. The van der Waals surface area contributed by atoms with Crippen molar-refractivity contribution >= 4 is 10.0 Å². The second-order valence-electron chi connectivity index (χ2n) is 7.28.